The Balaban J connectivity index is 2.39. The summed E-state index contributed by atoms with van der Waals surface area (Å²) in [7, 11) is 0. The zero-order valence-corrected chi connectivity index (χ0v) is 9.67. The van der Waals surface area contributed by atoms with E-state index in [-0.39, 0.29) is 19.0 Å². The van der Waals surface area contributed by atoms with Crippen LogP contribution in [0.3, 0.4) is 0 Å². The molecule has 18 heavy (non-hydrogen) atoms. The van der Waals surface area contributed by atoms with Crippen molar-refractivity contribution in [1.82, 2.24) is 0 Å². The smallest absolute Gasteiger partial charge is 0.358 e. The van der Waals surface area contributed by atoms with E-state index in [0.717, 1.165) is 0 Å². The molecule has 1 aliphatic rings. The number of carbonyl (C=O) groups excluding carboxylic acids is 1. The van der Waals surface area contributed by atoms with Crippen LogP contribution in [-0.4, -0.2) is 24.5 Å². The van der Waals surface area contributed by atoms with Crippen molar-refractivity contribution < 1.29 is 24.1 Å². The van der Waals surface area contributed by atoms with Gasteiger partial charge in [0, 0.05) is 5.56 Å². The van der Waals surface area contributed by atoms with Crippen molar-refractivity contribution in [2.45, 2.75) is 12.5 Å². The van der Waals surface area contributed by atoms with Crippen molar-refractivity contribution in [2.75, 3.05) is 13.4 Å². The number of hydrogen-bond donors (Lipinski definition) is 1. The maximum atomic E-state index is 11.6. The van der Waals surface area contributed by atoms with E-state index in [1.807, 2.05) is 0 Å². The first kappa shape index (κ1) is 12.2. The SMILES string of the molecule is CCOC(=O)[C@](O)(C#N)c1ccc2c(c1)OCO2. The van der Waals surface area contributed by atoms with Crippen LogP contribution in [0.2, 0.25) is 0 Å². The summed E-state index contributed by atoms with van der Waals surface area (Å²) in [5, 5.41) is 19.1. The third kappa shape index (κ3) is 1.85. The number of esters is 1. The van der Waals surface area contributed by atoms with Gasteiger partial charge >= 0.3 is 5.97 Å². The minimum atomic E-state index is -2.34. The van der Waals surface area contributed by atoms with E-state index in [4.69, 9.17) is 14.7 Å². The highest BCUT2D eigenvalue weighted by atomic mass is 16.7. The summed E-state index contributed by atoms with van der Waals surface area (Å²) in [5.74, 6) is -0.125. The summed E-state index contributed by atoms with van der Waals surface area (Å²) in [6.45, 7) is 1.74. The van der Waals surface area contributed by atoms with Crippen molar-refractivity contribution in [3.05, 3.63) is 23.8 Å². The van der Waals surface area contributed by atoms with Gasteiger partial charge in [0.2, 0.25) is 6.79 Å². The fourth-order valence-corrected chi connectivity index (χ4v) is 1.59. The zero-order valence-electron chi connectivity index (χ0n) is 9.67. The molecule has 1 atom stereocenters. The minimum absolute atomic E-state index is 0.0726. The summed E-state index contributed by atoms with van der Waals surface area (Å²) >= 11 is 0. The quantitative estimate of drug-likeness (QED) is 0.626. The lowest BCUT2D eigenvalue weighted by molar-refractivity contribution is -0.160. The maximum absolute atomic E-state index is 11.6. The molecule has 94 valence electrons. The van der Waals surface area contributed by atoms with Gasteiger partial charge in [0.1, 0.15) is 6.07 Å². The van der Waals surface area contributed by atoms with Gasteiger partial charge in [-0.1, -0.05) is 6.07 Å². The second-order valence-corrected chi connectivity index (χ2v) is 3.61. The molecule has 1 heterocycles. The van der Waals surface area contributed by atoms with E-state index in [9.17, 15) is 9.90 Å². The van der Waals surface area contributed by atoms with Gasteiger partial charge in [0.25, 0.3) is 5.60 Å². The molecule has 1 aromatic rings. The van der Waals surface area contributed by atoms with E-state index >= 15 is 0 Å². The normalized spacial score (nSPS) is 15.6. The minimum Gasteiger partial charge on any atom is -0.463 e. The first-order valence-corrected chi connectivity index (χ1v) is 5.32. The summed E-state index contributed by atoms with van der Waals surface area (Å²) in [4.78, 5) is 11.6. The number of fused-ring (bicyclic) bond motifs is 1. The number of benzene rings is 1. The second kappa shape index (κ2) is 4.55. The van der Waals surface area contributed by atoms with Crippen molar-refractivity contribution in [3.63, 3.8) is 0 Å². The number of ether oxygens (including phenoxy) is 3. The largest absolute Gasteiger partial charge is 0.463 e. The molecule has 0 radical (unpaired) electrons. The molecule has 0 unspecified atom stereocenters. The van der Waals surface area contributed by atoms with Gasteiger partial charge in [-0.05, 0) is 19.1 Å². The molecule has 0 saturated carbocycles. The molecular formula is C12H11NO5. The number of aliphatic hydroxyl groups is 1. The molecule has 0 bridgehead atoms. The highest BCUT2D eigenvalue weighted by Crippen LogP contribution is 2.36. The predicted molar refractivity (Wildman–Crippen MR) is 58.7 cm³/mol. The zero-order chi connectivity index (χ0) is 13.2. The van der Waals surface area contributed by atoms with Crippen LogP contribution in [0.25, 0.3) is 0 Å². The van der Waals surface area contributed by atoms with Crippen LogP contribution in [0.1, 0.15) is 12.5 Å². The molecule has 6 heteroatoms. The monoisotopic (exact) mass is 249 g/mol. The number of hydrogen-bond acceptors (Lipinski definition) is 6. The third-order valence-corrected chi connectivity index (χ3v) is 2.52. The first-order valence-electron chi connectivity index (χ1n) is 5.32. The Kier molecular flexibility index (Phi) is 3.08. The standard InChI is InChI=1S/C12H11NO5/c1-2-16-11(14)12(15,6-13)8-3-4-9-10(5-8)18-7-17-9/h3-5,15H,2,7H2,1H3/t12-/m0/s1. The summed E-state index contributed by atoms with van der Waals surface area (Å²) in [6, 6.07) is 5.90. The van der Waals surface area contributed by atoms with Gasteiger partial charge in [0.15, 0.2) is 11.5 Å². The number of nitrogens with zero attached hydrogens (tertiary/aromatic N) is 1. The van der Waals surface area contributed by atoms with Crippen molar-refractivity contribution >= 4 is 5.97 Å². The molecule has 0 aliphatic carbocycles. The maximum Gasteiger partial charge on any atom is 0.358 e. The molecule has 0 saturated heterocycles. The van der Waals surface area contributed by atoms with Crippen LogP contribution >= 0.6 is 0 Å². The van der Waals surface area contributed by atoms with Crippen LogP contribution in [0.4, 0.5) is 0 Å². The molecule has 0 spiro atoms. The van der Waals surface area contributed by atoms with E-state index in [0.29, 0.717) is 11.5 Å². The van der Waals surface area contributed by atoms with E-state index < -0.39 is 11.6 Å². The molecule has 0 fully saturated rings. The van der Waals surface area contributed by atoms with Gasteiger partial charge in [-0.15, -0.1) is 0 Å². The van der Waals surface area contributed by atoms with Crippen LogP contribution in [0, 0.1) is 11.3 Å². The summed E-state index contributed by atoms with van der Waals surface area (Å²) in [6.07, 6.45) is 0. The summed E-state index contributed by atoms with van der Waals surface area (Å²) < 4.78 is 14.9. The fourth-order valence-electron chi connectivity index (χ4n) is 1.59. The lowest BCUT2D eigenvalue weighted by Crippen LogP contribution is -2.35. The Labute approximate surface area is 103 Å². The fraction of sp³-hybridized carbons (Fsp3) is 0.333. The average molecular weight is 249 g/mol. The van der Waals surface area contributed by atoms with E-state index in [1.54, 1.807) is 13.0 Å². The lowest BCUT2D eigenvalue weighted by atomic mass is 9.95. The highest BCUT2D eigenvalue weighted by molar-refractivity contribution is 5.84. The molecule has 1 N–H and O–H groups in total. The van der Waals surface area contributed by atoms with Gasteiger partial charge in [-0.25, -0.2) is 4.79 Å². The molecule has 1 aromatic carbocycles. The Hall–Kier alpha value is -2.26. The predicted octanol–water partition coefficient (Wildman–Crippen LogP) is 0.690. The molecule has 1 aliphatic heterocycles. The topological polar surface area (TPSA) is 88.8 Å². The Morgan fingerprint density at radius 1 is 1.56 bits per heavy atom. The van der Waals surface area contributed by atoms with Crippen LogP contribution < -0.4 is 9.47 Å². The molecule has 2 rings (SSSR count). The lowest BCUT2D eigenvalue weighted by Gasteiger charge is -2.18. The number of rotatable bonds is 3. The molecular weight excluding hydrogens is 238 g/mol. The Bertz CT molecular complexity index is 522. The van der Waals surface area contributed by atoms with Crippen molar-refractivity contribution in [1.29, 1.82) is 5.26 Å². The van der Waals surface area contributed by atoms with Crippen molar-refractivity contribution in [2.24, 2.45) is 0 Å². The van der Waals surface area contributed by atoms with Gasteiger partial charge in [-0.2, -0.15) is 5.26 Å². The highest BCUT2D eigenvalue weighted by Gasteiger charge is 2.41. The van der Waals surface area contributed by atoms with E-state index in [1.165, 1.54) is 18.2 Å². The van der Waals surface area contributed by atoms with Crippen LogP contribution in [0.5, 0.6) is 11.5 Å². The average Bonchev–Trinajstić information content (AvgIpc) is 2.85. The second-order valence-electron chi connectivity index (χ2n) is 3.61. The van der Waals surface area contributed by atoms with Crippen LogP contribution in [0.15, 0.2) is 18.2 Å². The van der Waals surface area contributed by atoms with E-state index in [2.05, 4.69) is 4.74 Å². The van der Waals surface area contributed by atoms with Gasteiger partial charge < -0.3 is 19.3 Å². The van der Waals surface area contributed by atoms with Gasteiger partial charge in [0.05, 0.1) is 6.61 Å². The first-order chi connectivity index (χ1) is 8.61. The number of carbonyl (C=O) groups is 1. The van der Waals surface area contributed by atoms with Crippen LogP contribution in [-0.2, 0) is 15.1 Å². The Morgan fingerprint density at radius 3 is 2.94 bits per heavy atom. The molecule has 0 aromatic heterocycles. The number of nitriles is 1. The molecule has 0 amide bonds. The Morgan fingerprint density at radius 2 is 2.28 bits per heavy atom. The van der Waals surface area contributed by atoms with Gasteiger partial charge in [-0.3, -0.25) is 0 Å². The summed E-state index contributed by atoms with van der Waals surface area (Å²) in [5.41, 5.74) is -2.25. The molecule has 6 nitrogen and oxygen atoms in total. The van der Waals surface area contributed by atoms with Crippen molar-refractivity contribution in [3.8, 4) is 17.6 Å². The third-order valence-electron chi connectivity index (χ3n) is 2.52.